The number of allylic oxidation sites excluding steroid dienone is 6. The highest BCUT2D eigenvalue weighted by Gasteiger charge is 2.25. The van der Waals surface area contributed by atoms with E-state index >= 15 is 0 Å². The van der Waals surface area contributed by atoms with Gasteiger partial charge in [0.2, 0.25) is 0 Å². The number of hydrogen-bond acceptors (Lipinski definition) is 3. The summed E-state index contributed by atoms with van der Waals surface area (Å²) >= 11 is 0. The van der Waals surface area contributed by atoms with Crippen LogP contribution in [0, 0.1) is 25.2 Å². The zero-order valence-electron chi connectivity index (χ0n) is 26.0. The Hall–Kier alpha value is -3.54. The predicted molar refractivity (Wildman–Crippen MR) is 175 cm³/mol. The quantitative estimate of drug-likeness (QED) is 0.348. The van der Waals surface area contributed by atoms with Gasteiger partial charge in [0.25, 0.3) is 5.91 Å². The lowest BCUT2D eigenvalue weighted by Crippen LogP contribution is -2.37. The number of benzene rings is 2. The second-order valence-electron chi connectivity index (χ2n) is 10.0. The molecule has 4 nitrogen and oxygen atoms in total. The minimum atomic E-state index is 0.136. The molecule has 216 valence electrons. The number of aryl methyl sites for hydroxylation is 2. The molecular weight excluding hydrogens is 523 g/mol. The van der Waals surface area contributed by atoms with Crippen LogP contribution in [0.2, 0.25) is 0 Å². The monoisotopic (exact) mass is 568 g/mol. The number of hydrogen-bond donors (Lipinski definition) is 0. The van der Waals surface area contributed by atoms with Gasteiger partial charge in [0.15, 0.2) is 5.78 Å². The van der Waals surface area contributed by atoms with E-state index in [0.29, 0.717) is 17.1 Å². The van der Waals surface area contributed by atoms with Gasteiger partial charge >= 0.3 is 0 Å². The number of carbonyl (C=O) groups excluding carboxylic acids is 2. The maximum atomic E-state index is 12.7. The predicted octanol–water partition coefficient (Wildman–Crippen LogP) is 8.77. The molecule has 1 saturated heterocycles. The summed E-state index contributed by atoms with van der Waals surface area (Å²) in [5.74, 6) is 0.806. The van der Waals surface area contributed by atoms with Gasteiger partial charge in [-0.25, -0.2) is 0 Å². The summed E-state index contributed by atoms with van der Waals surface area (Å²) < 4.78 is 0. The Labute approximate surface area is 249 Å². The molecule has 0 aromatic heterocycles. The molecule has 0 spiro atoms. The minimum absolute atomic E-state index is 0.136. The van der Waals surface area contributed by atoms with Crippen molar-refractivity contribution in [2.45, 2.75) is 79.8 Å². The van der Waals surface area contributed by atoms with Crippen molar-refractivity contribution in [3.8, 4) is 6.07 Å². The van der Waals surface area contributed by atoms with Crippen LogP contribution in [-0.4, -0.2) is 40.6 Å². The van der Waals surface area contributed by atoms with Crippen molar-refractivity contribution in [2.24, 2.45) is 0 Å². The third kappa shape index (κ3) is 9.24. The van der Waals surface area contributed by atoms with E-state index in [2.05, 4.69) is 38.1 Å². The summed E-state index contributed by atoms with van der Waals surface area (Å²) in [6.45, 7) is 17.4. The number of nitriles is 1. The molecule has 1 aliphatic carbocycles. The summed E-state index contributed by atoms with van der Waals surface area (Å²) in [4.78, 5) is 25.8. The number of ketones is 1. The van der Waals surface area contributed by atoms with Gasteiger partial charge in [-0.1, -0.05) is 77.9 Å². The molecule has 41 heavy (non-hydrogen) atoms. The van der Waals surface area contributed by atoms with E-state index in [1.165, 1.54) is 22.3 Å². The van der Waals surface area contributed by atoms with Crippen molar-refractivity contribution < 1.29 is 9.59 Å². The lowest BCUT2D eigenvalue weighted by Gasteiger charge is -2.32. The van der Waals surface area contributed by atoms with Crippen LogP contribution >= 0.6 is 8.20 Å². The number of carbonyl (C=O) groups is 2. The fourth-order valence-electron chi connectivity index (χ4n) is 4.84. The van der Waals surface area contributed by atoms with Crippen LogP contribution in [0.3, 0.4) is 0 Å². The van der Waals surface area contributed by atoms with Crippen LogP contribution in [0.15, 0.2) is 77.9 Å². The normalized spacial score (nSPS) is 17.4. The molecule has 1 amide bonds. The van der Waals surface area contributed by atoms with Gasteiger partial charge in [-0.2, -0.15) is 5.26 Å². The van der Waals surface area contributed by atoms with Crippen molar-refractivity contribution in [1.29, 1.82) is 5.26 Å². The number of rotatable bonds is 3. The van der Waals surface area contributed by atoms with E-state index in [4.69, 9.17) is 5.26 Å². The van der Waals surface area contributed by atoms with Crippen LogP contribution in [0.4, 0.5) is 0 Å². The molecule has 0 saturated carbocycles. The van der Waals surface area contributed by atoms with E-state index in [9.17, 15) is 9.59 Å². The Bertz CT molecular complexity index is 1370. The zero-order valence-corrected chi connectivity index (χ0v) is 26.9. The first-order valence-corrected chi connectivity index (χ1v) is 15.7. The van der Waals surface area contributed by atoms with Crippen LogP contribution < -0.4 is 0 Å². The molecule has 0 N–H and O–H groups in total. The number of fused-ring (bicyclic) bond motifs is 1. The molecule has 2 aromatic carbocycles. The summed E-state index contributed by atoms with van der Waals surface area (Å²) in [5, 5.41) is 9.83. The molecule has 5 rings (SSSR count). The van der Waals surface area contributed by atoms with Gasteiger partial charge in [-0.3, -0.25) is 9.59 Å². The van der Waals surface area contributed by atoms with Crippen LogP contribution in [0.25, 0.3) is 0 Å². The average Bonchev–Trinajstić information content (AvgIpc) is 3.44. The Morgan fingerprint density at radius 3 is 2.10 bits per heavy atom. The van der Waals surface area contributed by atoms with Gasteiger partial charge in [0.1, 0.15) is 0 Å². The van der Waals surface area contributed by atoms with Crippen LogP contribution in [0.5, 0.6) is 0 Å². The summed E-state index contributed by atoms with van der Waals surface area (Å²) in [5.41, 5.74) is 8.11. The van der Waals surface area contributed by atoms with Gasteiger partial charge in [0.05, 0.1) is 11.6 Å². The first-order chi connectivity index (χ1) is 19.7. The lowest BCUT2D eigenvalue weighted by atomic mass is 9.89. The van der Waals surface area contributed by atoms with Crippen molar-refractivity contribution in [2.75, 3.05) is 13.1 Å². The fourth-order valence-corrected chi connectivity index (χ4v) is 6.01. The van der Waals surface area contributed by atoms with Gasteiger partial charge in [-0.15, -0.1) is 0 Å². The van der Waals surface area contributed by atoms with E-state index < -0.39 is 0 Å². The Morgan fingerprint density at radius 2 is 1.54 bits per heavy atom. The molecular formula is C36H45N2O2P. The topological polar surface area (TPSA) is 61.2 Å². The molecule has 1 fully saturated rings. The largest absolute Gasteiger partial charge is 0.339 e. The average molecular weight is 569 g/mol. The van der Waals surface area contributed by atoms with Crippen molar-refractivity contribution in [3.63, 3.8) is 0 Å². The maximum Gasteiger partial charge on any atom is 0.253 e. The Kier molecular flexibility index (Phi) is 13.7. The molecule has 1 unspecified atom stereocenters. The molecule has 2 aromatic rings. The van der Waals surface area contributed by atoms with E-state index in [-0.39, 0.29) is 11.7 Å². The number of nitrogens with zero attached hydrogens (tertiary/aromatic N) is 2. The van der Waals surface area contributed by atoms with Crippen molar-refractivity contribution in [1.82, 2.24) is 4.90 Å². The molecule has 0 bridgehead atoms. The van der Waals surface area contributed by atoms with Crippen molar-refractivity contribution >= 4 is 25.2 Å². The number of likely N-dealkylation sites (tertiary alicyclic amines) is 1. The summed E-state index contributed by atoms with van der Waals surface area (Å²) in [6, 6.07) is 15.9. The van der Waals surface area contributed by atoms with Crippen molar-refractivity contribution in [3.05, 3.63) is 106 Å². The lowest BCUT2D eigenvalue weighted by molar-refractivity contribution is -0.110. The molecule has 1 atom stereocenters. The van der Waals surface area contributed by atoms with E-state index in [0.717, 1.165) is 50.6 Å². The SMILES string of the molecule is CC.CC.CC(=O)C1=PC2C=CC(C)=CC2=C1.Cc1ccc(C(=O)N2CCC(c3ccc(C#N)cc3)CC2)cc1C. The number of amides is 1. The highest BCUT2D eigenvalue weighted by molar-refractivity contribution is 7.46. The minimum Gasteiger partial charge on any atom is -0.339 e. The Morgan fingerprint density at radius 1 is 0.902 bits per heavy atom. The number of Topliss-reactive ketones (excluding diaryl/α,β-unsaturated/α-hetero) is 1. The highest BCUT2D eigenvalue weighted by atomic mass is 31.1. The standard InChI is InChI=1S/C21H22N2O.C11H11OP.2C2H6/c1-15-3-6-20(13-16(15)2)21(24)23-11-9-19(10-12-23)18-7-4-17(14-22)5-8-18;1-7-3-4-10-9(5-7)6-11(13-10)8(2)12;2*1-2/h3-8,13,19H,9-12H2,1-2H3;3-6,10H,1-2H3;2*1-2H3. The van der Waals surface area contributed by atoms with Gasteiger partial charge in [-0.05, 0) is 99.1 Å². The molecule has 5 heteroatoms. The van der Waals surface area contributed by atoms with E-state index in [1.54, 1.807) is 6.92 Å². The maximum absolute atomic E-state index is 12.7. The zero-order chi connectivity index (χ0) is 30.5. The van der Waals surface area contributed by atoms with Crippen LogP contribution in [0.1, 0.15) is 92.9 Å². The molecule has 2 heterocycles. The molecule has 2 aliphatic heterocycles. The number of piperidine rings is 1. The smallest absolute Gasteiger partial charge is 0.253 e. The fraction of sp³-hybridized carbons (Fsp3) is 0.389. The van der Waals surface area contributed by atoms with Crippen LogP contribution in [-0.2, 0) is 4.79 Å². The summed E-state index contributed by atoms with van der Waals surface area (Å²) in [7, 11) is 1.15. The second kappa shape index (κ2) is 16.7. The summed E-state index contributed by atoms with van der Waals surface area (Å²) in [6.07, 6.45) is 10.4. The first kappa shape index (κ1) is 33.7. The molecule has 3 aliphatic rings. The van der Waals surface area contributed by atoms with Gasteiger partial charge in [0, 0.05) is 29.6 Å². The van der Waals surface area contributed by atoms with E-state index in [1.807, 2.05) is 88.1 Å². The first-order valence-electron chi connectivity index (χ1n) is 14.8. The highest BCUT2D eigenvalue weighted by Crippen LogP contribution is 2.33. The van der Waals surface area contributed by atoms with Gasteiger partial charge < -0.3 is 4.90 Å². The second-order valence-corrected chi connectivity index (χ2v) is 11.3. The third-order valence-electron chi connectivity index (χ3n) is 7.27. The molecule has 0 radical (unpaired) electrons. The Balaban J connectivity index is 0.000000291. The third-order valence-corrected chi connectivity index (χ3v) is 8.74.